The second-order valence-corrected chi connectivity index (χ2v) is 3.37. The van der Waals surface area contributed by atoms with Crippen molar-refractivity contribution in [3.8, 4) is 6.07 Å². The molecule has 0 heterocycles. The van der Waals surface area contributed by atoms with Crippen LogP contribution >= 0.6 is 34.8 Å². The Morgan fingerprint density at radius 3 is 2.00 bits per heavy atom. The molecule has 0 aromatic carbocycles. The van der Waals surface area contributed by atoms with Gasteiger partial charge in [-0.25, -0.2) is 0 Å². The fraction of sp³-hybridized carbons (Fsp3) is 0.750. The van der Waals surface area contributed by atoms with Gasteiger partial charge in [0.1, 0.15) is 4.84 Å². The minimum absolute atomic E-state index is 0.839. The number of alkyl halides is 3. The summed E-state index contributed by atoms with van der Waals surface area (Å²) in [6, 6.07) is 1.74. The molecule has 0 fully saturated rings. The number of nitrogens with zero attached hydrogens (tertiary/aromatic N) is 1. The minimum atomic E-state index is -1.15. The predicted octanol–water partition coefficient (Wildman–Crippen LogP) is 2.31. The number of nitriles is 1. The van der Waals surface area contributed by atoms with Crippen LogP contribution in [-0.4, -0.2) is 9.71 Å². The van der Waals surface area contributed by atoms with Gasteiger partial charge in [0.05, 0.1) is 6.07 Å². The average molecular weight is 172 g/mol. The van der Waals surface area contributed by atoms with Gasteiger partial charge in [0.25, 0.3) is 0 Å². The third-order valence-corrected chi connectivity index (χ3v) is 2.03. The highest BCUT2D eigenvalue weighted by atomic mass is 35.5. The van der Waals surface area contributed by atoms with Crippen LogP contribution in [0.4, 0.5) is 0 Å². The van der Waals surface area contributed by atoms with Crippen molar-refractivity contribution in [1.82, 2.24) is 0 Å². The SMILES string of the molecule is C[C@@](Cl)(C#N)C(Cl)Cl. The monoisotopic (exact) mass is 171 g/mol. The van der Waals surface area contributed by atoms with E-state index in [2.05, 4.69) is 0 Å². The summed E-state index contributed by atoms with van der Waals surface area (Å²) >= 11 is 16.0. The van der Waals surface area contributed by atoms with Gasteiger partial charge in [-0.2, -0.15) is 5.26 Å². The molecule has 0 unspecified atom stereocenters. The van der Waals surface area contributed by atoms with E-state index in [1.54, 1.807) is 6.07 Å². The quantitative estimate of drug-likeness (QED) is 0.557. The lowest BCUT2D eigenvalue weighted by molar-refractivity contribution is 0.863. The van der Waals surface area contributed by atoms with Crippen molar-refractivity contribution >= 4 is 34.8 Å². The van der Waals surface area contributed by atoms with Crippen molar-refractivity contribution in [2.75, 3.05) is 0 Å². The fourth-order valence-corrected chi connectivity index (χ4v) is 0.146. The van der Waals surface area contributed by atoms with Crippen LogP contribution in [0.3, 0.4) is 0 Å². The van der Waals surface area contributed by atoms with Gasteiger partial charge in [0.15, 0.2) is 4.87 Å². The van der Waals surface area contributed by atoms with E-state index in [0.29, 0.717) is 0 Å². The molecule has 0 aromatic rings. The van der Waals surface area contributed by atoms with Crippen LogP contribution in [0.5, 0.6) is 0 Å². The Balaban J connectivity index is 3.97. The standard InChI is InChI=1S/C4H4Cl3N/c1-4(7,2-8)3(5)6/h3H,1H3/t4-/m1/s1. The Labute approximate surface area is 63.1 Å². The zero-order chi connectivity index (χ0) is 6.78. The normalized spacial score (nSPS) is 17.5. The summed E-state index contributed by atoms with van der Waals surface area (Å²) in [7, 11) is 0. The summed E-state index contributed by atoms with van der Waals surface area (Å²) in [5.74, 6) is 0. The van der Waals surface area contributed by atoms with Crippen molar-refractivity contribution in [2.45, 2.75) is 16.6 Å². The van der Waals surface area contributed by atoms with Crippen molar-refractivity contribution in [3.63, 3.8) is 0 Å². The molecule has 0 N–H and O–H groups in total. The maximum atomic E-state index is 8.21. The molecule has 0 aliphatic carbocycles. The molecule has 0 radical (unpaired) electrons. The summed E-state index contributed by atoms with van der Waals surface area (Å²) in [6.07, 6.45) is 0. The molecular formula is C4H4Cl3N. The molecule has 8 heavy (non-hydrogen) atoms. The van der Waals surface area contributed by atoms with E-state index in [0.717, 1.165) is 0 Å². The third kappa shape index (κ3) is 2.09. The van der Waals surface area contributed by atoms with Crippen LogP contribution in [0.2, 0.25) is 0 Å². The largest absolute Gasteiger partial charge is 0.196 e. The van der Waals surface area contributed by atoms with E-state index >= 15 is 0 Å². The van der Waals surface area contributed by atoms with E-state index in [-0.39, 0.29) is 0 Å². The van der Waals surface area contributed by atoms with Gasteiger partial charge in [-0.1, -0.05) is 0 Å². The van der Waals surface area contributed by atoms with Crippen molar-refractivity contribution in [2.24, 2.45) is 0 Å². The summed E-state index contributed by atoms with van der Waals surface area (Å²) < 4.78 is 0. The highest BCUT2D eigenvalue weighted by Crippen LogP contribution is 2.25. The Morgan fingerprint density at radius 1 is 1.62 bits per heavy atom. The average Bonchev–Trinajstić information content (AvgIpc) is 1.67. The predicted molar refractivity (Wildman–Crippen MR) is 35.4 cm³/mol. The van der Waals surface area contributed by atoms with E-state index in [1.807, 2.05) is 0 Å². The first-order chi connectivity index (χ1) is 3.50. The topological polar surface area (TPSA) is 23.8 Å². The van der Waals surface area contributed by atoms with Gasteiger partial charge in [0.2, 0.25) is 0 Å². The number of halogens is 3. The van der Waals surface area contributed by atoms with Gasteiger partial charge < -0.3 is 0 Å². The molecule has 0 saturated carbocycles. The molecular weight excluding hydrogens is 168 g/mol. The highest BCUT2D eigenvalue weighted by molar-refractivity contribution is 6.50. The van der Waals surface area contributed by atoms with Gasteiger partial charge >= 0.3 is 0 Å². The van der Waals surface area contributed by atoms with Crippen molar-refractivity contribution < 1.29 is 0 Å². The first-order valence-corrected chi connectivity index (χ1v) is 3.14. The molecule has 46 valence electrons. The van der Waals surface area contributed by atoms with Crippen LogP contribution in [-0.2, 0) is 0 Å². The lowest BCUT2D eigenvalue weighted by atomic mass is 10.2. The van der Waals surface area contributed by atoms with Crippen LogP contribution < -0.4 is 0 Å². The Hall–Kier alpha value is 0.360. The molecule has 4 heteroatoms. The first kappa shape index (κ1) is 8.36. The summed E-state index contributed by atoms with van der Waals surface area (Å²) in [4.78, 5) is -1.99. The van der Waals surface area contributed by atoms with Crippen LogP contribution in [0.15, 0.2) is 0 Å². The molecule has 0 amide bonds. The maximum absolute atomic E-state index is 8.21. The molecule has 1 nitrogen and oxygen atoms in total. The molecule has 0 bridgehead atoms. The number of hydrogen-bond acceptors (Lipinski definition) is 1. The zero-order valence-electron chi connectivity index (χ0n) is 4.16. The van der Waals surface area contributed by atoms with Crippen LogP contribution in [0.1, 0.15) is 6.92 Å². The smallest absolute Gasteiger partial charge is 0.158 e. The van der Waals surface area contributed by atoms with Gasteiger partial charge in [0, 0.05) is 0 Å². The van der Waals surface area contributed by atoms with E-state index < -0.39 is 9.71 Å². The summed E-state index contributed by atoms with van der Waals surface area (Å²) in [5.41, 5.74) is 0. The Bertz CT molecular complexity index is 113. The Kier molecular flexibility index (Phi) is 2.90. The molecule has 0 aromatic heterocycles. The highest BCUT2D eigenvalue weighted by Gasteiger charge is 2.28. The lowest BCUT2D eigenvalue weighted by Crippen LogP contribution is -2.21. The van der Waals surface area contributed by atoms with Gasteiger partial charge in [-0.15, -0.1) is 34.8 Å². The zero-order valence-corrected chi connectivity index (χ0v) is 6.43. The van der Waals surface area contributed by atoms with Gasteiger partial charge in [-0.3, -0.25) is 0 Å². The van der Waals surface area contributed by atoms with E-state index in [4.69, 9.17) is 40.1 Å². The maximum Gasteiger partial charge on any atom is 0.158 e. The number of rotatable bonds is 1. The molecule has 0 aliphatic rings. The molecule has 0 rings (SSSR count). The first-order valence-electron chi connectivity index (χ1n) is 1.89. The van der Waals surface area contributed by atoms with Crippen LogP contribution in [0.25, 0.3) is 0 Å². The lowest BCUT2D eigenvalue weighted by Gasteiger charge is -2.11. The number of hydrogen-bond donors (Lipinski definition) is 0. The second kappa shape index (κ2) is 2.77. The second-order valence-electron chi connectivity index (χ2n) is 1.49. The summed E-state index contributed by atoms with van der Waals surface area (Å²) in [5, 5.41) is 8.21. The fourth-order valence-electron chi connectivity index (χ4n) is 0.0488. The van der Waals surface area contributed by atoms with Crippen molar-refractivity contribution in [3.05, 3.63) is 0 Å². The third-order valence-electron chi connectivity index (χ3n) is 0.628. The molecule has 0 saturated heterocycles. The minimum Gasteiger partial charge on any atom is -0.196 e. The molecule has 1 atom stereocenters. The summed E-state index contributed by atoms with van der Waals surface area (Å²) in [6.45, 7) is 1.46. The van der Waals surface area contributed by atoms with Crippen molar-refractivity contribution in [1.29, 1.82) is 5.26 Å². The van der Waals surface area contributed by atoms with E-state index in [9.17, 15) is 0 Å². The Morgan fingerprint density at radius 2 is 2.00 bits per heavy atom. The molecule has 0 aliphatic heterocycles. The van der Waals surface area contributed by atoms with E-state index in [1.165, 1.54) is 6.92 Å². The van der Waals surface area contributed by atoms with Gasteiger partial charge in [-0.05, 0) is 6.92 Å². The molecule has 0 spiro atoms. The van der Waals surface area contributed by atoms with Crippen LogP contribution in [0, 0.1) is 11.3 Å².